The largest absolute Gasteiger partial charge is 0.383 e. The van der Waals surface area contributed by atoms with Crippen molar-refractivity contribution in [2.45, 2.75) is 11.4 Å². The second-order valence-corrected chi connectivity index (χ2v) is 9.14. The molecule has 168 valence electrons. The van der Waals surface area contributed by atoms with Crippen LogP contribution in [0.15, 0.2) is 75.1 Å². The summed E-state index contributed by atoms with van der Waals surface area (Å²) in [6.45, 7) is -0.454. The maximum Gasteiger partial charge on any atom is 0.330 e. The van der Waals surface area contributed by atoms with E-state index in [9.17, 15) is 22.8 Å². The molecule has 0 saturated carbocycles. The number of aromatic nitrogens is 2. The molecule has 0 fully saturated rings. The number of likely N-dealkylation sites (N-methyl/N-ethyl adjacent to an activating group) is 2. The predicted octanol–water partition coefficient (Wildman–Crippen LogP) is 0.451. The Bertz CT molecular complexity index is 1330. The van der Waals surface area contributed by atoms with E-state index in [4.69, 9.17) is 5.73 Å². The maximum absolute atomic E-state index is 12.8. The van der Waals surface area contributed by atoms with Crippen LogP contribution in [-0.2, 0) is 21.4 Å². The molecule has 1 heterocycles. The summed E-state index contributed by atoms with van der Waals surface area (Å²) in [5, 5.41) is 0. The van der Waals surface area contributed by atoms with Crippen LogP contribution in [0.2, 0.25) is 0 Å². The molecule has 1 aromatic heterocycles. The van der Waals surface area contributed by atoms with Crippen LogP contribution in [-0.4, -0.2) is 48.8 Å². The number of carbonyl (C=O) groups excluding carboxylic acids is 1. The van der Waals surface area contributed by atoms with Gasteiger partial charge >= 0.3 is 5.69 Å². The van der Waals surface area contributed by atoms with Gasteiger partial charge in [0.1, 0.15) is 5.82 Å². The fourth-order valence-corrected chi connectivity index (χ4v) is 4.24. The van der Waals surface area contributed by atoms with E-state index < -0.39 is 33.7 Å². The number of carbonyl (C=O) groups is 1. The molecule has 10 nitrogen and oxygen atoms in total. The zero-order chi connectivity index (χ0) is 23.5. The Morgan fingerprint density at radius 2 is 1.56 bits per heavy atom. The molecule has 0 radical (unpaired) electrons. The molecule has 0 atom stereocenters. The molecule has 1 amide bonds. The SMILES string of the molecule is CN(C(=O)CN(C)S(=O)(=O)c1ccccc1)c1c(N)n(Cc2ccccc2)c(=O)[nH]c1=O. The normalized spacial score (nSPS) is 11.5. The molecule has 0 aliphatic carbocycles. The Morgan fingerprint density at radius 3 is 2.16 bits per heavy atom. The molecule has 2 aromatic carbocycles. The summed E-state index contributed by atoms with van der Waals surface area (Å²) >= 11 is 0. The lowest BCUT2D eigenvalue weighted by Gasteiger charge is -2.23. The highest BCUT2D eigenvalue weighted by Crippen LogP contribution is 2.18. The van der Waals surface area contributed by atoms with Gasteiger partial charge in [-0.2, -0.15) is 4.31 Å². The Hall–Kier alpha value is -3.70. The zero-order valence-electron chi connectivity index (χ0n) is 17.6. The molecule has 0 saturated heterocycles. The van der Waals surface area contributed by atoms with Crippen molar-refractivity contribution in [1.29, 1.82) is 0 Å². The highest BCUT2D eigenvalue weighted by Gasteiger charge is 2.27. The van der Waals surface area contributed by atoms with Gasteiger partial charge in [-0.05, 0) is 17.7 Å². The Labute approximate surface area is 184 Å². The van der Waals surface area contributed by atoms with Crippen LogP contribution < -0.4 is 21.9 Å². The van der Waals surface area contributed by atoms with Gasteiger partial charge in [-0.15, -0.1) is 0 Å². The molecule has 3 aromatic rings. The summed E-state index contributed by atoms with van der Waals surface area (Å²) in [7, 11) is -1.36. The first-order valence-electron chi connectivity index (χ1n) is 9.57. The third-order valence-electron chi connectivity index (χ3n) is 4.92. The minimum Gasteiger partial charge on any atom is -0.383 e. The van der Waals surface area contributed by atoms with Gasteiger partial charge in [0.2, 0.25) is 15.9 Å². The van der Waals surface area contributed by atoms with Crippen molar-refractivity contribution in [3.05, 3.63) is 87.1 Å². The molecule has 0 aliphatic heterocycles. The minimum absolute atomic E-state index is 0.0340. The topological polar surface area (TPSA) is 139 Å². The van der Waals surface area contributed by atoms with E-state index in [1.807, 2.05) is 6.07 Å². The second-order valence-electron chi connectivity index (χ2n) is 7.09. The second kappa shape index (κ2) is 9.20. The lowest BCUT2D eigenvalue weighted by molar-refractivity contribution is -0.118. The molecule has 0 spiro atoms. The van der Waals surface area contributed by atoms with Gasteiger partial charge in [0, 0.05) is 14.1 Å². The monoisotopic (exact) mass is 457 g/mol. The molecule has 0 bridgehead atoms. The average molecular weight is 458 g/mol. The van der Waals surface area contributed by atoms with Crippen LogP contribution in [0.25, 0.3) is 0 Å². The number of hydrogen-bond donors (Lipinski definition) is 2. The van der Waals surface area contributed by atoms with Crippen LogP contribution in [0.4, 0.5) is 11.5 Å². The third-order valence-corrected chi connectivity index (χ3v) is 6.73. The standard InChI is InChI=1S/C21H23N5O5S/c1-24(32(30,31)16-11-7-4-8-12-16)14-17(27)25(2)18-19(22)26(21(29)23-20(18)28)13-15-9-5-3-6-10-15/h3-12H,13-14,22H2,1-2H3,(H,23,28,29). The van der Waals surface area contributed by atoms with Crippen molar-refractivity contribution in [1.82, 2.24) is 13.9 Å². The van der Waals surface area contributed by atoms with E-state index in [0.717, 1.165) is 19.3 Å². The number of aromatic amines is 1. The summed E-state index contributed by atoms with van der Waals surface area (Å²) in [5.41, 5.74) is 5.06. The molecule has 3 rings (SSSR count). The summed E-state index contributed by atoms with van der Waals surface area (Å²) < 4.78 is 27.4. The van der Waals surface area contributed by atoms with E-state index in [-0.39, 0.29) is 22.9 Å². The van der Waals surface area contributed by atoms with E-state index in [1.54, 1.807) is 42.5 Å². The van der Waals surface area contributed by atoms with Crippen LogP contribution >= 0.6 is 0 Å². The summed E-state index contributed by atoms with van der Waals surface area (Å²) in [6, 6.07) is 16.6. The number of nitrogens with two attached hydrogens (primary N) is 1. The molecule has 3 N–H and O–H groups in total. The molecule has 11 heteroatoms. The lowest BCUT2D eigenvalue weighted by Crippen LogP contribution is -2.43. The van der Waals surface area contributed by atoms with Gasteiger partial charge in [-0.1, -0.05) is 48.5 Å². The number of anilines is 2. The van der Waals surface area contributed by atoms with Gasteiger partial charge in [0.05, 0.1) is 18.0 Å². The molecular formula is C21H23N5O5S. The van der Waals surface area contributed by atoms with E-state index in [2.05, 4.69) is 4.98 Å². The Kier molecular flexibility index (Phi) is 6.61. The highest BCUT2D eigenvalue weighted by molar-refractivity contribution is 7.89. The predicted molar refractivity (Wildman–Crippen MR) is 121 cm³/mol. The average Bonchev–Trinajstić information content (AvgIpc) is 2.77. The van der Waals surface area contributed by atoms with Gasteiger partial charge in [0.25, 0.3) is 5.56 Å². The van der Waals surface area contributed by atoms with Crippen molar-refractivity contribution in [2.24, 2.45) is 0 Å². The van der Waals surface area contributed by atoms with Crippen molar-refractivity contribution < 1.29 is 13.2 Å². The minimum atomic E-state index is -3.91. The Balaban J connectivity index is 1.89. The number of amides is 1. The number of H-pyrrole nitrogens is 1. The first-order chi connectivity index (χ1) is 15.1. The van der Waals surface area contributed by atoms with Crippen LogP contribution in [0, 0.1) is 0 Å². The molecule has 0 unspecified atom stereocenters. The number of rotatable bonds is 7. The molecule has 32 heavy (non-hydrogen) atoms. The lowest BCUT2D eigenvalue weighted by atomic mass is 10.2. The fourth-order valence-electron chi connectivity index (χ4n) is 3.10. The maximum atomic E-state index is 12.8. The molecular weight excluding hydrogens is 434 g/mol. The Morgan fingerprint density at radius 1 is 1.00 bits per heavy atom. The number of nitrogens with one attached hydrogen (secondary N) is 1. The van der Waals surface area contributed by atoms with E-state index in [1.165, 1.54) is 26.2 Å². The van der Waals surface area contributed by atoms with Crippen LogP contribution in [0.1, 0.15) is 5.56 Å². The van der Waals surface area contributed by atoms with Crippen molar-refractivity contribution in [2.75, 3.05) is 31.3 Å². The van der Waals surface area contributed by atoms with Gasteiger partial charge in [-0.25, -0.2) is 13.2 Å². The number of hydrogen-bond acceptors (Lipinski definition) is 6. The fraction of sp³-hybridized carbons (Fsp3) is 0.190. The van der Waals surface area contributed by atoms with Crippen LogP contribution in [0.5, 0.6) is 0 Å². The number of nitrogen functional groups attached to an aromatic ring is 1. The first-order valence-corrected chi connectivity index (χ1v) is 11.0. The summed E-state index contributed by atoms with van der Waals surface area (Å²) in [4.78, 5) is 40.7. The number of sulfonamides is 1. The first kappa shape index (κ1) is 23.0. The quantitative estimate of drug-likeness (QED) is 0.528. The highest BCUT2D eigenvalue weighted by atomic mass is 32.2. The smallest absolute Gasteiger partial charge is 0.330 e. The van der Waals surface area contributed by atoms with Crippen molar-refractivity contribution in [3.8, 4) is 0 Å². The number of nitrogens with zero attached hydrogens (tertiary/aromatic N) is 3. The van der Waals surface area contributed by atoms with Gasteiger partial charge in [-0.3, -0.25) is 19.1 Å². The third kappa shape index (κ3) is 4.63. The van der Waals surface area contributed by atoms with Gasteiger partial charge in [0.15, 0.2) is 5.69 Å². The van der Waals surface area contributed by atoms with Crippen molar-refractivity contribution >= 4 is 27.4 Å². The number of benzene rings is 2. The summed E-state index contributed by atoms with van der Waals surface area (Å²) in [6.07, 6.45) is 0. The van der Waals surface area contributed by atoms with Crippen LogP contribution in [0.3, 0.4) is 0 Å². The van der Waals surface area contributed by atoms with Gasteiger partial charge < -0.3 is 10.6 Å². The van der Waals surface area contributed by atoms with Crippen molar-refractivity contribution in [3.63, 3.8) is 0 Å². The summed E-state index contributed by atoms with van der Waals surface area (Å²) in [5.74, 6) is -0.902. The molecule has 0 aliphatic rings. The van der Waals surface area contributed by atoms with E-state index >= 15 is 0 Å². The zero-order valence-corrected chi connectivity index (χ0v) is 18.4. The van der Waals surface area contributed by atoms with E-state index in [0.29, 0.717) is 0 Å².